The van der Waals surface area contributed by atoms with Gasteiger partial charge in [-0.15, -0.1) is 0 Å². The summed E-state index contributed by atoms with van der Waals surface area (Å²) in [5.41, 5.74) is 28.4. The molecular formula is C78H94BN3O. The van der Waals surface area contributed by atoms with Gasteiger partial charge in [0, 0.05) is 50.6 Å². The van der Waals surface area contributed by atoms with Gasteiger partial charge in [0.2, 0.25) is 0 Å². The predicted octanol–water partition coefficient (Wildman–Crippen LogP) is 19.7. The normalized spacial score (nSPS) is 27.3. The van der Waals surface area contributed by atoms with Crippen LogP contribution in [0.25, 0.3) is 11.0 Å². The van der Waals surface area contributed by atoms with Crippen LogP contribution < -0.4 is 31.3 Å². The molecule has 6 aromatic carbocycles. The third-order valence-electron chi connectivity index (χ3n) is 24.8. The molecule has 4 heterocycles. The summed E-state index contributed by atoms with van der Waals surface area (Å²) >= 11 is 0. The second-order valence-electron chi connectivity index (χ2n) is 34.0. The molecule has 0 N–H and O–H groups in total. The molecule has 83 heavy (non-hydrogen) atoms. The summed E-state index contributed by atoms with van der Waals surface area (Å²) in [7, 11) is 0. The third-order valence-corrected chi connectivity index (χ3v) is 24.8. The van der Waals surface area contributed by atoms with Gasteiger partial charge in [-0.3, -0.25) is 0 Å². The fourth-order valence-electron chi connectivity index (χ4n) is 18.6. The van der Waals surface area contributed by atoms with E-state index in [1.165, 1.54) is 158 Å². The Hall–Kier alpha value is -5.68. The van der Waals surface area contributed by atoms with E-state index in [0.29, 0.717) is 0 Å². The second-order valence-corrected chi connectivity index (χ2v) is 34.0. The molecule has 16 rings (SSSR count). The van der Waals surface area contributed by atoms with Crippen molar-refractivity contribution in [2.24, 2.45) is 0 Å². The number of furan rings is 1. The molecule has 6 aliphatic carbocycles. The average Bonchev–Trinajstić information content (AvgIpc) is 1.83. The van der Waals surface area contributed by atoms with Crippen LogP contribution in [0.15, 0.2) is 101 Å². The smallest absolute Gasteiger partial charge is 0.297 e. The minimum atomic E-state index is -0.160. The van der Waals surface area contributed by atoms with Gasteiger partial charge in [0.25, 0.3) is 6.71 Å². The van der Waals surface area contributed by atoms with Gasteiger partial charge in [0.1, 0.15) is 5.58 Å². The molecule has 430 valence electrons. The van der Waals surface area contributed by atoms with E-state index in [-0.39, 0.29) is 61.0 Å². The Bertz CT molecular complexity index is 3920. The summed E-state index contributed by atoms with van der Waals surface area (Å²) in [5, 5.41) is 1.26. The summed E-state index contributed by atoms with van der Waals surface area (Å²) in [6.45, 7) is 44.6. The first-order valence-corrected chi connectivity index (χ1v) is 32.6. The molecule has 2 bridgehead atoms. The van der Waals surface area contributed by atoms with E-state index in [9.17, 15) is 0 Å². The summed E-state index contributed by atoms with van der Waals surface area (Å²) in [4.78, 5) is 8.41. The Morgan fingerprint density at radius 1 is 0.422 bits per heavy atom. The fourth-order valence-corrected chi connectivity index (χ4v) is 18.6. The minimum absolute atomic E-state index is 0.00118. The van der Waals surface area contributed by atoms with Crippen LogP contribution in [-0.2, 0) is 48.7 Å². The molecule has 1 aromatic heterocycles. The van der Waals surface area contributed by atoms with Crippen molar-refractivity contribution in [1.29, 1.82) is 0 Å². The second kappa shape index (κ2) is 16.6. The van der Waals surface area contributed by atoms with Crippen molar-refractivity contribution in [2.45, 2.75) is 256 Å². The third kappa shape index (κ3) is 7.30. The highest BCUT2D eigenvalue weighted by Gasteiger charge is 2.59. The molecule has 2 fully saturated rings. The van der Waals surface area contributed by atoms with E-state index in [2.05, 4.69) is 236 Å². The molecule has 0 radical (unpaired) electrons. The van der Waals surface area contributed by atoms with Crippen molar-refractivity contribution in [2.75, 3.05) is 14.7 Å². The summed E-state index contributed by atoms with van der Waals surface area (Å²) < 4.78 is 8.00. The standard InChI is InChI=1S/C78H94BN3O/c1-69(2,3)47-37-48(70(4,5)6)39-50(38-47)80-62-45-57-56(73(11,12)31-32-74(57,13)14)44-60(62)79-66-63(80)41-51(82-61-24-20-19-23-54(61)77(17)27-21-22-28-78(77,82)18)42-64(66)81(49-25-26-53-55(40-49)72(9,10)30-29-71(53,7)8)67-52-43-58-59(46-65(52)83-68(67)79)76(16)35-33-75(58,15)34-36-76/h19-20,23-26,37-46H,21-22,27-36H2,1-18H3. The van der Waals surface area contributed by atoms with Gasteiger partial charge in [-0.25, -0.2) is 0 Å². The SMILES string of the molecule is CC(C)(C)c1cc(N2c3cc4c(cc3B3c5oc6cc7c(cc6c5N(c5ccc6c(c5)C(C)(C)CCC6(C)C)c5cc(N6c8ccccc8C8(C)CCCCC68C)cc2c53)C2(C)CCC7(C)CC2)C(C)(C)CCC4(C)C)cc(C(C)(C)C)c1. The lowest BCUT2D eigenvalue weighted by Crippen LogP contribution is -2.61. The molecule has 0 amide bonds. The predicted molar refractivity (Wildman–Crippen MR) is 354 cm³/mol. The van der Waals surface area contributed by atoms with Crippen molar-refractivity contribution in [3.8, 4) is 0 Å². The van der Waals surface area contributed by atoms with Crippen LogP contribution in [0.2, 0.25) is 0 Å². The molecule has 2 unspecified atom stereocenters. The maximum atomic E-state index is 8.00. The van der Waals surface area contributed by atoms with E-state index in [1.807, 2.05) is 0 Å². The van der Waals surface area contributed by atoms with Crippen LogP contribution in [0.5, 0.6) is 0 Å². The molecule has 0 saturated heterocycles. The Morgan fingerprint density at radius 3 is 1.58 bits per heavy atom. The van der Waals surface area contributed by atoms with Crippen molar-refractivity contribution >= 4 is 79.8 Å². The highest BCUT2D eigenvalue weighted by molar-refractivity contribution is 7.00. The molecule has 4 nitrogen and oxygen atoms in total. The lowest BCUT2D eigenvalue weighted by molar-refractivity contribution is 0.188. The number of fused-ring (bicyclic) bond motifs is 13. The Balaban J connectivity index is 1.13. The zero-order valence-corrected chi connectivity index (χ0v) is 54.1. The van der Waals surface area contributed by atoms with Crippen LogP contribution in [0.4, 0.5) is 45.5 Å². The van der Waals surface area contributed by atoms with Crippen molar-refractivity contribution < 1.29 is 4.42 Å². The minimum Gasteiger partial charge on any atom is -0.468 e. The largest absolute Gasteiger partial charge is 0.468 e. The number of hydrogen-bond acceptors (Lipinski definition) is 4. The monoisotopic (exact) mass is 1100 g/mol. The first kappa shape index (κ1) is 54.0. The van der Waals surface area contributed by atoms with Gasteiger partial charge < -0.3 is 19.1 Å². The van der Waals surface area contributed by atoms with Crippen molar-refractivity contribution in [1.82, 2.24) is 0 Å². The lowest BCUT2D eigenvalue weighted by atomic mass is 9.35. The zero-order valence-electron chi connectivity index (χ0n) is 54.1. The molecule has 5 heteroatoms. The number of rotatable bonds is 3. The zero-order chi connectivity index (χ0) is 58.5. The van der Waals surface area contributed by atoms with E-state index < -0.39 is 0 Å². The number of hydrogen-bond donors (Lipinski definition) is 0. The molecule has 2 saturated carbocycles. The van der Waals surface area contributed by atoms with E-state index in [1.54, 1.807) is 5.56 Å². The van der Waals surface area contributed by atoms with Gasteiger partial charge in [-0.2, -0.15) is 0 Å². The van der Waals surface area contributed by atoms with Crippen molar-refractivity contribution in [3.63, 3.8) is 0 Å². The number of nitrogens with zero attached hydrogens (tertiary/aromatic N) is 3. The molecular weight excluding hydrogens is 1010 g/mol. The van der Waals surface area contributed by atoms with Crippen LogP contribution in [0.1, 0.15) is 252 Å². The van der Waals surface area contributed by atoms with Gasteiger partial charge in [0.05, 0.1) is 16.9 Å². The average molecular weight is 1100 g/mol. The number of para-hydroxylation sites is 1. The number of benzene rings is 6. The maximum Gasteiger partial charge on any atom is 0.297 e. The van der Waals surface area contributed by atoms with Crippen LogP contribution >= 0.6 is 0 Å². The van der Waals surface area contributed by atoms with Gasteiger partial charge in [-0.1, -0.05) is 167 Å². The van der Waals surface area contributed by atoms with Gasteiger partial charge >= 0.3 is 0 Å². The maximum absolute atomic E-state index is 8.00. The quantitative estimate of drug-likeness (QED) is 0.165. The molecule has 3 aliphatic heterocycles. The Kier molecular flexibility index (Phi) is 10.8. The van der Waals surface area contributed by atoms with E-state index in [0.717, 1.165) is 36.9 Å². The summed E-state index contributed by atoms with van der Waals surface area (Å²) in [5.74, 6) is 0. The molecule has 0 spiro atoms. The van der Waals surface area contributed by atoms with E-state index in [4.69, 9.17) is 4.42 Å². The topological polar surface area (TPSA) is 22.9 Å². The Labute approximate surface area is 499 Å². The highest BCUT2D eigenvalue weighted by Crippen LogP contribution is 2.64. The molecule has 9 aliphatic rings. The first-order valence-electron chi connectivity index (χ1n) is 32.6. The summed E-state index contributed by atoms with van der Waals surface area (Å²) in [6.07, 6.45) is 14.4. The van der Waals surface area contributed by atoms with Gasteiger partial charge in [0.15, 0.2) is 0 Å². The van der Waals surface area contributed by atoms with Gasteiger partial charge in [-0.05, 0) is 236 Å². The van der Waals surface area contributed by atoms with Crippen LogP contribution in [0, 0.1) is 0 Å². The molecule has 2 atom stereocenters. The first-order chi connectivity index (χ1) is 38.8. The van der Waals surface area contributed by atoms with Crippen LogP contribution in [0.3, 0.4) is 0 Å². The summed E-state index contributed by atoms with van der Waals surface area (Å²) in [6, 6.07) is 40.9. The lowest BCUT2D eigenvalue weighted by Gasteiger charge is -2.52. The fraction of sp³-hybridized carbons (Fsp3) is 0.513. The Morgan fingerprint density at radius 2 is 0.964 bits per heavy atom. The van der Waals surface area contributed by atoms with Crippen LogP contribution in [-0.4, -0.2) is 12.3 Å². The van der Waals surface area contributed by atoms with Crippen molar-refractivity contribution in [3.05, 3.63) is 147 Å². The highest BCUT2D eigenvalue weighted by atomic mass is 16.3. The molecule has 7 aromatic rings. The number of anilines is 8. The van der Waals surface area contributed by atoms with E-state index >= 15 is 0 Å².